The molecule has 0 aromatic heterocycles. The lowest BCUT2D eigenvalue weighted by Gasteiger charge is -2.38. The molecule has 1 saturated carbocycles. The molecule has 0 aliphatic heterocycles. The molecule has 1 rings (SSSR count). The Balaban J connectivity index is 2.00. The van der Waals surface area contributed by atoms with Crippen LogP contribution < -0.4 is 5.32 Å². The van der Waals surface area contributed by atoms with Crippen LogP contribution in [0.4, 0.5) is 0 Å². The molecule has 0 bridgehead atoms. The number of hydrogen-bond acceptors (Lipinski definition) is 1. The number of hydrogen-bond donors (Lipinski definition) is 1. The summed E-state index contributed by atoms with van der Waals surface area (Å²) in [6.07, 6.45) is 21.7. The van der Waals surface area contributed by atoms with Crippen LogP contribution in [0.5, 0.6) is 0 Å². The van der Waals surface area contributed by atoms with Crippen LogP contribution in [0.15, 0.2) is 0 Å². The Morgan fingerprint density at radius 2 is 1.25 bits per heavy atom. The van der Waals surface area contributed by atoms with Gasteiger partial charge in [0.2, 0.25) is 0 Å². The zero-order valence-electron chi connectivity index (χ0n) is 14.3. The van der Waals surface area contributed by atoms with Crippen LogP contribution in [-0.4, -0.2) is 12.1 Å². The lowest BCUT2D eigenvalue weighted by atomic mass is 9.78. The van der Waals surface area contributed by atoms with Gasteiger partial charge in [-0.3, -0.25) is 0 Å². The summed E-state index contributed by atoms with van der Waals surface area (Å²) in [6.45, 7) is 5.72. The van der Waals surface area contributed by atoms with Gasteiger partial charge in [0.05, 0.1) is 0 Å². The lowest BCUT2D eigenvalue weighted by molar-refractivity contribution is 0.213. The Morgan fingerprint density at radius 3 is 1.80 bits per heavy atom. The first-order valence-corrected chi connectivity index (χ1v) is 9.58. The van der Waals surface area contributed by atoms with Crippen molar-refractivity contribution in [3.63, 3.8) is 0 Å². The maximum Gasteiger partial charge on any atom is 0.0181 e. The number of unbranched alkanes of at least 4 members (excludes halogenated alkanes) is 8. The molecule has 0 spiro atoms. The van der Waals surface area contributed by atoms with Gasteiger partial charge in [-0.05, 0) is 25.8 Å². The number of rotatable bonds is 12. The maximum absolute atomic E-state index is 3.82. The highest BCUT2D eigenvalue weighted by atomic mass is 15.0. The first kappa shape index (κ1) is 18.0. The second-order valence-corrected chi connectivity index (χ2v) is 6.95. The van der Waals surface area contributed by atoms with Crippen LogP contribution in [0, 0.1) is 0 Å². The van der Waals surface area contributed by atoms with Crippen LogP contribution in [-0.2, 0) is 0 Å². The summed E-state index contributed by atoms with van der Waals surface area (Å²) >= 11 is 0. The second kappa shape index (κ2) is 11.6. The minimum atomic E-state index is 0.522. The Morgan fingerprint density at radius 1 is 0.700 bits per heavy atom. The van der Waals surface area contributed by atoms with E-state index >= 15 is 0 Å². The molecule has 0 amide bonds. The van der Waals surface area contributed by atoms with E-state index in [1.54, 1.807) is 0 Å². The van der Waals surface area contributed by atoms with E-state index in [0.29, 0.717) is 5.54 Å². The van der Waals surface area contributed by atoms with Crippen molar-refractivity contribution in [1.29, 1.82) is 0 Å². The van der Waals surface area contributed by atoms with Gasteiger partial charge in [0.15, 0.2) is 0 Å². The highest BCUT2D eigenvalue weighted by Crippen LogP contribution is 2.32. The molecule has 1 heteroatoms. The van der Waals surface area contributed by atoms with Gasteiger partial charge in [0.1, 0.15) is 0 Å². The molecule has 0 heterocycles. The van der Waals surface area contributed by atoms with Crippen molar-refractivity contribution in [2.75, 3.05) is 6.54 Å². The fourth-order valence-electron chi connectivity index (χ4n) is 3.89. The fraction of sp³-hybridized carbons (Fsp3) is 1.00. The van der Waals surface area contributed by atoms with E-state index in [-0.39, 0.29) is 0 Å². The van der Waals surface area contributed by atoms with Crippen LogP contribution in [0.25, 0.3) is 0 Å². The highest BCUT2D eigenvalue weighted by Gasteiger charge is 2.29. The summed E-state index contributed by atoms with van der Waals surface area (Å²) in [6, 6.07) is 0. The third kappa shape index (κ3) is 7.67. The van der Waals surface area contributed by atoms with Crippen molar-refractivity contribution in [3.8, 4) is 0 Å². The Bertz CT molecular complexity index is 200. The molecule has 1 N–H and O–H groups in total. The molecule has 0 saturated heterocycles. The molecule has 1 aliphatic rings. The quantitative estimate of drug-likeness (QED) is 0.419. The first-order valence-electron chi connectivity index (χ1n) is 9.58. The molecule has 0 aromatic rings. The largest absolute Gasteiger partial charge is 0.312 e. The summed E-state index contributed by atoms with van der Waals surface area (Å²) in [5, 5.41) is 3.82. The van der Waals surface area contributed by atoms with E-state index in [9.17, 15) is 0 Å². The molecular formula is C19H39N. The number of nitrogens with one attached hydrogen (secondary N) is 1. The van der Waals surface area contributed by atoms with Gasteiger partial charge in [-0.25, -0.2) is 0 Å². The lowest BCUT2D eigenvalue weighted by Crippen LogP contribution is -2.46. The molecule has 1 fully saturated rings. The molecule has 0 unspecified atom stereocenters. The molecular weight excluding hydrogens is 242 g/mol. The molecule has 1 aliphatic carbocycles. The molecule has 1 nitrogen and oxygen atoms in total. The van der Waals surface area contributed by atoms with Crippen LogP contribution >= 0.6 is 0 Å². The van der Waals surface area contributed by atoms with Gasteiger partial charge in [-0.2, -0.15) is 0 Å². The summed E-state index contributed by atoms with van der Waals surface area (Å²) in [4.78, 5) is 0. The third-order valence-corrected chi connectivity index (χ3v) is 5.12. The Hall–Kier alpha value is -0.0400. The van der Waals surface area contributed by atoms with E-state index in [1.165, 1.54) is 96.3 Å². The van der Waals surface area contributed by atoms with E-state index in [0.717, 1.165) is 6.54 Å². The van der Waals surface area contributed by atoms with E-state index < -0.39 is 0 Å². The smallest absolute Gasteiger partial charge is 0.0181 e. The normalized spacial score (nSPS) is 18.3. The van der Waals surface area contributed by atoms with Crippen LogP contribution in [0.3, 0.4) is 0 Å². The van der Waals surface area contributed by atoms with Crippen molar-refractivity contribution >= 4 is 0 Å². The standard InChI is InChI=1S/C19H39N/c1-3-5-6-7-8-9-10-11-13-16-19(20-4-2)17-14-12-15-18-19/h20H,3-18H2,1-2H3. The molecule has 0 aromatic carbocycles. The van der Waals surface area contributed by atoms with Crippen molar-refractivity contribution in [1.82, 2.24) is 5.32 Å². The summed E-state index contributed by atoms with van der Waals surface area (Å²) < 4.78 is 0. The first-order chi connectivity index (χ1) is 9.83. The van der Waals surface area contributed by atoms with Gasteiger partial charge in [-0.1, -0.05) is 90.9 Å². The van der Waals surface area contributed by atoms with Gasteiger partial charge >= 0.3 is 0 Å². The zero-order chi connectivity index (χ0) is 14.5. The fourth-order valence-corrected chi connectivity index (χ4v) is 3.89. The van der Waals surface area contributed by atoms with Gasteiger partial charge in [0, 0.05) is 5.54 Å². The van der Waals surface area contributed by atoms with Gasteiger partial charge in [0.25, 0.3) is 0 Å². The van der Waals surface area contributed by atoms with E-state index in [4.69, 9.17) is 0 Å². The predicted molar refractivity (Wildman–Crippen MR) is 91.3 cm³/mol. The Labute approximate surface area is 128 Å². The maximum atomic E-state index is 3.82. The monoisotopic (exact) mass is 281 g/mol. The second-order valence-electron chi connectivity index (χ2n) is 6.95. The van der Waals surface area contributed by atoms with Crippen molar-refractivity contribution in [2.24, 2.45) is 0 Å². The van der Waals surface area contributed by atoms with Crippen LogP contribution in [0.1, 0.15) is 110 Å². The van der Waals surface area contributed by atoms with E-state index in [1.807, 2.05) is 0 Å². The van der Waals surface area contributed by atoms with E-state index in [2.05, 4.69) is 19.2 Å². The summed E-state index contributed by atoms with van der Waals surface area (Å²) in [5.41, 5.74) is 0.522. The topological polar surface area (TPSA) is 12.0 Å². The van der Waals surface area contributed by atoms with Crippen molar-refractivity contribution < 1.29 is 0 Å². The predicted octanol–water partition coefficient (Wildman–Crippen LogP) is 6.22. The van der Waals surface area contributed by atoms with Crippen LogP contribution in [0.2, 0.25) is 0 Å². The van der Waals surface area contributed by atoms with Crippen molar-refractivity contribution in [2.45, 2.75) is 116 Å². The van der Waals surface area contributed by atoms with Gasteiger partial charge < -0.3 is 5.32 Å². The Kier molecular flexibility index (Phi) is 10.4. The minimum absolute atomic E-state index is 0.522. The molecule has 0 radical (unpaired) electrons. The minimum Gasteiger partial charge on any atom is -0.312 e. The SMILES string of the molecule is CCCCCCCCCCCC1(NCC)CCCCC1. The zero-order valence-corrected chi connectivity index (χ0v) is 14.3. The third-order valence-electron chi connectivity index (χ3n) is 5.12. The highest BCUT2D eigenvalue weighted by molar-refractivity contribution is 4.90. The van der Waals surface area contributed by atoms with Crippen molar-refractivity contribution in [3.05, 3.63) is 0 Å². The summed E-state index contributed by atoms with van der Waals surface area (Å²) in [5.74, 6) is 0. The molecule has 120 valence electrons. The average Bonchev–Trinajstić information content (AvgIpc) is 2.47. The summed E-state index contributed by atoms with van der Waals surface area (Å²) in [7, 11) is 0. The molecule has 0 atom stereocenters. The molecule has 20 heavy (non-hydrogen) atoms. The average molecular weight is 282 g/mol. The van der Waals surface area contributed by atoms with Gasteiger partial charge in [-0.15, -0.1) is 0 Å².